The predicted octanol–water partition coefficient (Wildman–Crippen LogP) is 15.8. The minimum Gasteiger partial charge on any atom is -0.457 e. The van der Waals surface area contributed by atoms with Crippen molar-refractivity contribution in [3.63, 3.8) is 0 Å². The van der Waals surface area contributed by atoms with Gasteiger partial charge in [-0.1, -0.05) is 196 Å². The fourth-order valence-electron chi connectivity index (χ4n) is 6.82. The van der Waals surface area contributed by atoms with Gasteiger partial charge < -0.3 is 18.9 Å². The van der Waals surface area contributed by atoms with E-state index in [1.807, 2.05) is 21.1 Å². The van der Waals surface area contributed by atoms with E-state index >= 15 is 0 Å². The standard InChI is InChI=1S/C54H98NO7P/c1-6-8-10-12-14-16-18-20-22-24-25-26-27-28-29-30-32-34-36-38-40-42-44-46-49-59-51-53(52-61-63(57,58)60-50-48-55(3,4)5)62-54(56)47-45-43-41-39-37-35-33-31-23-21-19-17-15-13-11-9-7-2/h9,11,15,17,21,23-25,33,35,39,41,53H,6-8,10,12-14,16,18-20,22,26-32,34,36-38,40,42-52H2,1-5H3/p+1/b11-9-,17-15-,23-21-,25-24-,35-33-,41-39-. The first-order valence-corrected chi connectivity index (χ1v) is 27.2. The molecule has 0 heterocycles. The Balaban J connectivity index is 4.18. The number of carbonyl (C=O) groups excluding carboxylic acids is 1. The van der Waals surface area contributed by atoms with Gasteiger partial charge in [0.05, 0.1) is 34.4 Å². The van der Waals surface area contributed by atoms with Gasteiger partial charge in [-0.05, 0) is 77.0 Å². The summed E-state index contributed by atoms with van der Waals surface area (Å²) in [7, 11) is 1.63. The van der Waals surface area contributed by atoms with E-state index in [-0.39, 0.29) is 32.2 Å². The second-order valence-corrected chi connectivity index (χ2v) is 19.6. The SMILES string of the molecule is CC/C=C\C/C=C\C/C=C\C/C=C\C/C=C\CCCC(=O)OC(COCCCCCCCCCCCCCC/C=C\CCCCCCCCCC)COP(=O)(O)OCC[N+](C)(C)C. The van der Waals surface area contributed by atoms with E-state index < -0.39 is 13.9 Å². The van der Waals surface area contributed by atoms with Gasteiger partial charge in [-0.15, -0.1) is 0 Å². The number of phosphoric acid groups is 1. The fourth-order valence-corrected chi connectivity index (χ4v) is 7.56. The first kappa shape index (κ1) is 60.9. The van der Waals surface area contributed by atoms with Crippen LogP contribution in [0.25, 0.3) is 0 Å². The quantitative estimate of drug-likeness (QED) is 0.0214. The number of esters is 1. The molecule has 0 radical (unpaired) electrons. The molecule has 0 rings (SSSR count). The number of carbonyl (C=O) groups is 1. The van der Waals surface area contributed by atoms with Crippen molar-refractivity contribution in [2.75, 3.05) is 54.1 Å². The Hall–Kier alpha value is -2.06. The molecular weight excluding hydrogens is 806 g/mol. The number of ether oxygens (including phenoxy) is 2. The lowest BCUT2D eigenvalue weighted by Gasteiger charge is -2.24. The summed E-state index contributed by atoms with van der Waals surface area (Å²) < 4.78 is 35.1. The van der Waals surface area contributed by atoms with Crippen molar-refractivity contribution in [1.29, 1.82) is 0 Å². The number of allylic oxidation sites excluding steroid dienone is 12. The van der Waals surface area contributed by atoms with Gasteiger partial charge in [-0.2, -0.15) is 0 Å². The van der Waals surface area contributed by atoms with Crippen LogP contribution in [0.1, 0.15) is 206 Å². The molecule has 63 heavy (non-hydrogen) atoms. The molecule has 1 N–H and O–H groups in total. The number of unbranched alkanes of at least 4 members (excludes halogenated alkanes) is 21. The number of phosphoric ester groups is 1. The Labute approximate surface area is 389 Å². The molecule has 0 spiro atoms. The molecule has 0 amide bonds. The molecule has 0 aliphatic carbocycles. The summed E-state index contributed by atoms with van der Waals surface area (Å²) >= 11 is 0. The van der Waals surface area contributed by atoms with E-state index in [1.165, 1.54) is 128 Å². The van der Waals surface area contributed by atoms with Crippen LogP contribution >= 0.6 is 7.82 Å². The lowest BCUT2D eigenvalue weighted by atomic mass is 10.0. The van der Waals surface area contributed by atoms with Crippen LogP contribution < -0.4 is 0 Å². The van der Waals surface area contributed by atoms with Crippen LogP contribution in [0.3, 0.4) is 0 Å². The van der Waals surface area contributed by atoms with Gasteiger partial charge in [0, 0.05) is 13.0 Å². The second-order valence-electron chi connectivity index (χ2n) is 18.2. The molecule has 0 fully saturated rings. The monoisotopic (exact) mass is 905 g/mol. The summed E-state index contributed by atoms with van der Waals surface area (Å²) in [6.45, 7) is 5.44. The average molecular weight is 905 g/mol. The number of hydrogen-bond donors (Lipinski definition) is 1. The van der Waals surface area contributed by atoms with Crippen molar-refractivity contribution < 1.29 is 37.3 Å². The Morgan fingerprint density at radius 1 is 0.508 bits per heavy atom. The van der Waals surface area contributed by atoms with E-state index in [0.717, 1.165) is 51.4 Å². The molecule has 0 aromatic heterocycles. The van der Waals surface area contributed by atoms with Gasteiger partial charge in [-0.25, -0.2) is 4.57 Å². The highest BCUT2D eigenvalue weighted by Gasteiger charge is 2.26. The Kier molecular flexibility index (Phi) is 44.9. The number of quaternary nitrogens is 1. The van der Waals surface area contributed by atoms with Crippen LogP contribution in [0.15, 0.2) is 72.9 Å². The van der Waals surface area contributed by atoms with Gasteiger partial charge in [-0.3, -0.25) is 13.8 Å². The largest absolute Gasteiger partial charge is 0.472 e. The highest BCUT2D eigenvalue weighted by atomic mass is 31.2. The van der Waals surface area contributed by atoms with E-state index in [9.17, 15) is 14.3 Å². The molecule has 366 valence electrons. The van der Waals surface area contributed by atoms with Gasteiger partial charge in [0.1, 0.15) is 19.3 Å². The zero-order chi connectivity index (χ0) is 46.2. The maximum Gasteiger partial charge on any atom is 0.472 e. The summed E-state index contributed by atoms with van der Waals surface area (Å²) in [4.78, 5) is 23.0. The first-order valence-electron chi connectivity index (χ1n) is 25.7. The zero-order valence-corrected chi connectivity index (χ0v) is 42.4. The van der Waals surface area contributed by atoms with Crippen LogP contribution in [0, 0.1) is 0 Å². The zero-order valence-electron chi connectivity index (χ0n) is 41.5. The Bertz CT molecular complexity index is 1230. The van der Waals surface area contributed by atoms with Crippen molar-refractivity contribution in [2.45, 2.75) is 213 Å². The highest BCUT2D eigenvalue weighted by Crippen LogP contribution is 2.43. The van der Waals surface area contributed by atoms with Crippen LogP contribution in [0.5, 0.6) is 0 Å². The first-order chi connectivity index (χ1) is 30.6. The molecule has 8 nitrogen and oxygen atoms in total. The summed E-state index contributed by atoms with van der Waals surface area (Å²) in [6.07, 6.45) is 61.1. The van der Waals surface area contributed by atoms with Crippen LogP contribution in [0.4, 0.5) is 0 Å². The highest BCUT2D eigenvalue weighted by molar-refractivity contribution is 7.47. The molecule has 0 saturated heterocycles. The normalized spacial score (nSPS) is 14.2. The second kappa shape index (κ2) is 46.5. The number of nitrogens with zero attached hydrogens (tertiary/aromatic N) is 1. The van der Waals surface area contributed by atoms with Crippen molar-refractivity contribution in [2.24, 2.45) is 0 Å². The molecule has 0 aromatic rings. The van der Waals surface area contributed by atoms with Crippen molar-refractivity contribution >= 4 is 13.8 Å². The molecule has 2 atom stereocenters. The Morgan fingerprint density at radius 3 is 1.40 bits per heavy atom. The third kappa shape index (κ3) is 50.8. The molecule has 0 aromatic carbocycles. The van der Waals surface area contributed by atoms with Crippen molar-refractivity contribution in [3.05, 3.63) is 72.9 Å². The van der Waals surface area contributed by atoms with E-state index in [2.05, 4.69) is 86.8 Å². The molecule has 2 unspecified atom stereocenters. The minimum atomic E-state index is -4.30. The third-order valence-electron chi connectivity index (χ3n) is 10.8. The maximum absolute atomic E-state index is 12.7. The molecular formula is C54H99NO7P+. The van der Waals surface area contributed by atoms with Crippen molar-refractivity contribution in [3.8, 4) is 0 Å². The molecule has 0 saturated carbocycles. The van der Waals surface area contributed by atoms with E-state index in [1.54, 1.807) is 0 Å². The van der Waals surface area contributed by atoms with E-state index in [4.69, 9.17) is 18.5 Å². The molecule has 0 aliphatic heterocycles. The molecule has 0 bridgehead atoms. The van der Waals surface area contributed by atoms with Gasteiger partial charge in [0.2, 0.25) is 0 Å². The van der Waals surface area contributed by atoms with Crippen LogP contribution in [-0.4, -0.2) is 75.6 Å². The summed E-state index contributed by atoms with van der Waals surface area (Å²) in [5, 5.41) is 0. The third-order valence-corrected chi connectivity index (χ3v) is 11.7. The molecule has 9 heteroatoms. The summed E-state index contributed by atoms with van der Waals surface area (Å²) in [5.74, 6) is -0.370. The van der Waals surface area contributed by atoms with Gasteiger partial charge >= 0.3 is 13.8 Å². The minimum absolute atomic E-state index is 0.0752. The van der Waals surface area contributed by atoms with Gasteiger partial charge in [0.15, 0.2) is 0 Å². The lowest BCUT2D eigenvalue weighted by Crippen LogP contribution is -2.37. The van der Waals surface area contributed by atoms with Crippen LogP contribution in [-0.2, 0) is 27.9 Å². The fraction of sp³-hybridized carbons (Fsp3) is 0.759. The number of rotatable bonds is 47. The topological polar surface area (TPSA) is 91.3 Å². The maximum atomic E-state index is 12.7. The number of likely N-dealkylation sites (N-methyl/N-ethyl adjacent to an activating group) is 1. The predicted molar refractivity (Wildman–Crippen MR) is 270 cm³/mol. The Morgan fingerprint density at radius 2 is 0.921 bits per heavy atom. The van der Waals surface area contributed by atoms with Crippen molar-refractivity contribution in [1.82, 2.24) is 0 Å². The molecule has 0 aliphatic rings. The summed E-state index contributed by atoms with van der Waals surface area (Å²) in [6, 6.07) is 0. The van der Waals surface area contributed by atoms with Crippen LogP contribution in [0.2, 0.25) is 0 Å². The number of hydrogen-bond acceptors (Lipinski definition) is 6. The smallest absolute Gasteiger partial charge is 0.457 e. The lowest BCUT2D eigenvalue weighted by molar-refractivity contribution is -0.870. The summed E-state index contributed by atoms with van der Waals surface area (Å²) in [5.41, 5.74) is 0. The van der Waals surface area contributed by atoms with Gasteiger partial charge in [0.25, 0.3) is 0 Å². The average Bonchev–Trinajstić information content (AvgIpc) is 3.24. The van der Waals surface area contributed by atoms with E-state index in [0.29, 0.717) is 24.1 Å².